The predicted octanol–water partition coefficient (Wildman–Crippen LogP) is 3.94. The van der Waals surface area contributed by atoms with Crippen LogP contribution in [0, 0.1) is 0 Å². The third kappa shape index (κ3) is 2.85. The molecule has 0 fully saturated rings. The van der Waals surface area contributed by atoms with Crippen molar-refractivity contribution in [2.24, 2.45) is 0 Å². The predicted molar refractivity (Wildman–Crippen MR) is 82.1 cm³/mol. The van der Waals surface area contributed by atoms with Crippen LogP contribution in [0.1, 0.15) is 37.4 Å². The van der Waals surface area contributed by atoms with Gasteiger partial charge in [0.25, 0.3) is 5.89 Å². The number of hydrogen-bond acceptors (Lipinski definition) is 6. The molecule has 0 amide bonds. The van der Waals surface area contributed by atoms with E-state index in [1.165, 1.54) is 0 Å². The molecule has 21 heavy (non-hydrogen) atoms. The van der Waals surface area contributed by atoms with E-state index in [2.05, 4.69) is 40.9 Å². The number of thiazole rings is 1. The van der Waals surface area contributed by atoms with Crippen molar-refractivity contribution in [2.45, 2.75) is 33.1 Å². The van der Waals surface area contributed by atoms with Crippen LogP contribution >= 0.6 is 11.3 Å². The topological polar surface area (TPSA) is 64.7 Å². The van der Waals surface area contributed by atoms with Gasteiger partial charge in [0.1, 0.15) is 11.4 Å². The van der Waals surface area contributed by atoms with Crippen LogP contribution in [-0.4, -0.2) is 20.1 Å². The Labute approximate surface area is 127 Å². The van der Waals surface area contributed by atoms with Crippen LogP contribution in [0.3, 0.4) is 0 Å². The van der Waals surface area contributed by atoms with Crippen molar-refractivity contribution in [3.63, 3.8) is 0 Å². The van der Waals surface area contributed by atoms with Gasteiger partial charge in [-0.25, -0.2) is 9.97 Å². The standard InChI is InChI=1S/C15H16N4OS/c1-4-10-6-5-7-11(16-10)14-18-13(19-20-14)12-8-21-15(17-12)9(2)3/h5-9H,4H2,1-3H3. The quantitative estimate of drug-likeness (QED) is 0.730. The molecule has 0 radical (unpaired) electrons. The molecule has 0 N–H and O–H groups in total. The molecule has 3 aromatic rings. The van der Waals surface area contributed by atoms with Gasteiger partial charge in [-0.3, -0.25) is 0 Å². The summed E-state index contributed by atoms with van der Waals surface area (Å²) in [5, 5.41) is 7.04. The molecule has 3 heterocycles. The maximum absolute atomic E-state index is 5.32. The first-order chi connectivity index (χ1) is 10.2. The van der Waals surface area contributed by atoms with E-state index >= 15 is 0 Å². The highest BCUT2D eigenvalue weighted by Gasteiger charge is 2.15. The van der Waals surface area contributed by atoms with Crippen LogP contribution in [-0.2, 0) is 6.42 Å². The average molecular weight is 300 g/mol. The Balaban J connectivity index is 1.91. The smallest absolute Gasteiger partial charge is 0.276 e. The molecule has 108 valence electrons. The van der Waals surface area contributed by atoms with Gasteiger partial charge in [-0.1, -0.05) is 32.0 Å². The lowest BCUT2D eigenvalue weighted by Crippen LogP contribution is -1.90. The molecule has 5 nitrogen and oxygen atoms in total. The summed E-state index contributed by atoms with van der Waals surface area (Å²) in [6.45, 7) is 6.29. The molecule has 0 aliphatic rings. The monoisotopic (exact) mass is 300 g/mol. The molecule has 3 aromatic heterocycles. The van der Waals surface area contributed by atoms with Crippen molar-refractivity contribution < 1.29 is 4.52 Å². The van der Waals surface area contributed by atoms with Gasteiger partial charge in [0.05, 0.1) is 5.01 Å². The fourth-order valence-electron chi connectivity index (χ4n) is 1.88. The zero-order chi connectivity index (χ0) is 14.8. The molecule has 0 aromatic carbocycles. The minimum Gasteiger partial charge on any atom is -0.332 e. The molecule has 0 saturated heterocycles. The van der Waals surface area contributed by atoms with E-state index in [1.54, 1.807) is 11.3 Å². The number of rotatable bonds is 4. The minimum atomic E-state index is 0.401. The maximum atomic E-state index is 5.32. The highest BCUT2D eigenvalue weighted by atomic mass is 32.1. The molecule has 0 aliphatic carbocycles. The van der Waals surface area contributed by atoms with E-state index in [0.29, 0.717) is 23.3 Å². The minimum absolute atomic E-state index is 0.401. The lowest BCUT2D eigenvalue weighted by molar-refractivity contribution is 0.430. The summed E-state index contributed by atoms with van der Waals surface area (Å²) in [5.41, 5.74) is 2.46. The van der Waals surface area contributed by atoms with Gasteiger partial charge >= 0.3 is 0 Å². The van der Waals surface area contributed by atoms with E-state index in [4.69, 9.17) is 4.52 Å². The van der Waals surface area contributed by atoms with Crippen LogP contribution in [0.2, 0.25) is 0 Å². The van der Waals surface area contributed by atoms with Crippen LogP contribution in [0.25, 0.3) is 23.1 Å². The van der Waals surface area contributed by atoms with Crippen molar-refractivity contribution >= 4 is 11.3 Å². The first kappa shape index (κ1) is 13.9. The van der Waals surface area contributed by atoms with Crippen molar-refractivity contribution in [3.8, 4) is 23.1 Å². The third-order valence-electron chi connectivity index (χ3n) is 3.06. The van der Waals surface area contributed by atoms with Crippen LogP contribution in [0.15, 0.2) is 28.1 Å². The van der Waals surface area contributed by atoms with Gasteiger partial charge in [0.2, 0.25) is 5.82 Å². The number of pyridine rings is 1. The summed E-state index contributed by atoms with van der Waals surface area (Å²) in [7, 11) is 0. The summed E-state index contributed by atoms with van der Waals surface area (Å²) < 4.78 is 5.32. The van der Waals surface area contributed by atoms with Crippen LogP contribution in [0.5, 0.6) is 0 Å². The summed E-state index contributed by atoms with van der Waals surface area (Å²) in [4.78, 5) is 13.4. The molecular formula is C15H16N4OS. The van der Waals surface area contributed by atoms with Gasteiger partial charge in [0, 0.05) is 17.0 Å². The van der Waals surface area contributed by atoms with Crippen molar-refractivity contribution in [3.05, 3.63) is 34.3 Å². The second-order valence-electron chi connectivity index (χ2n) is 5.02. The Morgan fingerprint density at radius 2 is 2.00 bits per heavy atom. The molecular weight excluding hydrogens is 284 g/mol. The van der Waals surface area contributed by atoms with Crippen molar-refractivity contribution in [1.82, 2.24) is 20.1 Å². The highest BCUT2D eigenvalue weighted by Crippen LogP contribution is 2.26. The van der Waals surface area contributed by atoms with Gasteiger partial charge < -0.3 is 4.52 Å². The molecule has 0 unspecified atom stereocenters. The molecule has 0 saturated carbocycles. The first-order valence-corrected chi connectivity index (χ1v) is 7.81. The Morgan fingerprint density at radius 1 is 1.14 bits per heavy atom. The lowest BCUT2D eigenvalue weighted by atomic mass is 10.2. The lowest BCUT2D eigenvalue weighted by Gasteiger charge is -1.97. The molecule has 0 bridgehead atoms. The Morgan fingerprint density at radius 3 is 2.71 bits per heavy atom. The zero-order valence-corrected chi connectivity index (χ0v) is 13.0. The summed E-state index contributed by atoms with van der Waals surface area (Å²) in [6, 6.07) is 5.80. The SMILES string of the molecule is CCc1cccc(-c2nc(-c3csc(C(C)C)n3)no2)n1. The van der Waals surface area contributed by atoms with E-state index in [-0.39, 0.29) is 0 Å². The third-order valence-corrected chi connectivity index (χ3v) is 4.20. The summed E-state index contributed by atoms with van der Waals surface area (Å²) in [5.74, 6) is 1.34. The molecule has 0 spiro atoms. The number of aromatic nitrogens is 4. The Kier molecular flexibility index (Phi) is 3.79. The van der Waals surface area contributed by atoms with Gasteiger partial charge in [-0.15, -0.1) is 11.3 Å². The molecule has 0 aliphatic heterocycles. The number of hydrogen-bond donors (Lipinski definition) is 0. The number of aryl methyl sites for hydroxylation is 1. The highest BCUT2D eigenvalue weighted by molar-refractivity contribution is 7.10. The van der Waals surface area contributed by atoms with E-state index in [0.717, 1.165) is 22.8 Å². The number of nitrogens with zero attached hydrogens (tertiary/aromatic N) is 4. The van der Waals surface area contributed by atoms with E-state index in [9.17, 15) is 0 Å². The molecule has 3 rings (SSSR count). The second kappa shape index (κ2) is 5.73. The van der Waals surface area contributed by atoms with E-state index in [1.807, 2.05) is 23.6 Å². The van der Waals surface area contributed by atoms with Gasteiger partial charge in [-0.05, 0) is 18.6 Å². The summed E-state index contributed by atoms with van der Waals surface area (Å²) >= 11 is 1.62. The van der Waals surface area contributed by atoms with Crippen LogP contribution < -0.4 is 0 Å². The summed E-state index contributed by atoms with van der Waals surface area (Å²) in [6.07, 6.45) is 0.874. The van der Waals surface area contributed by atoms with Crippen molar-refractivity contribution in [1.29, 1.82) is 0 Å². The zero-order valence-electron chi connectivity index (χ0n) is 12.2. The molecule has 0 atom stereocenters. The largest absolute Gasteiger partial charge is 0.332 e. The van der Waals surface area contributed by atoms with Gasteiger partial charge in [0.15, 0.2) is 0 Å². The normalized spacial score (nSPS) is 11.2. The van der Waals surface area contributed by atoms with Crippen LogP contribution in [0.4, 0.5) is 0 Å². The Hall–Kier alpha value is -2.08. The van der Waals surface area contributed by atoms with Gasteiger partial charge in [-0.2, -0.15) is 4.98 Å². The second-order valence-corrected chi connectivity index (χ2v) is 5.91. The molecule has 6 heteroatoms. The maximum Gasteiger partial charge on any atom is 0.276 e. The van der Waals surface area contributed by atoms with Crippen molar-refractivity contribution in [2.75, 3.05) is 0 Å². The fraction of sp³-hybridized carbons (Fsp3) is 0.333. The Bertz CT molecular complexity index is 747. The first-order valence-electron chi connectivity index (χ1n) is 6.93. The fourth-order valence-corrected chi connectivity index (χ4v) is 2.70. The average Bonchev–Trinajstić information content (AvgIpc) is 3.16. The van der Waals surface area contributed by atoms with E-state index < -0.39 is 0 Å².